The summed E-state index contributed by atoms with van der Waals surface area (Å²) in [4.78, 5) is 19.0. The van der Waals surface area contributed by atoms with Gasteiger partial charge in [0.1, 0.15) is 17.5 Å². The largest absolute Gasteiger partial charge is 0.440 e. The van der Waals surface area contributed by atoms with E-state index < -0.39 is 0 Å². The Morgan fingerprint density at radius 1 is 1.27 bits per heavy atom. The first kappa shape index (κ1) is 15.6. The number of likely N-dealkylation sites (tertiary alicyclic amines) is 1. The van der Waals surface area contributed by atoms with Crippen molar-refractivity contribution in [3.63, 3.8) is 0 Å². The third-order valence-electron chi connectivity index (χ3n) is 5.49. The highest BCUT2D eigenvalue weighted by molar-refractivity contribution is 5.79. The van der Waals surface area contributed by atoms with Gasteiger partial charge in [-0.2, -0.15) is 5.10 Å². The van der Waals surface area contributed by atoms with Crippen LogP contribution < -0.4 is 0 Å². The molecule has 1 spiro atoms. The number of aromatic nitrogens is 3. The van der Waals surface area contributed by atoms with Gasteiger partial charge in [0.15, 0.2) is 5.58 Å². The van der Waals surface area contributed by atoms with E-state index in [0.29, 0.717) is 25.6 Å². The number of para-hydroxylation sites is 2. The second kappa shape index (κ2) is 5.95. The van der Waals surface area contributed by atoms with Crippen LogP contribution in [0.1, 0.15) is 30.0 Å². The SMILES string of the molecule is O=C(Cc1nc2ccccc2o1)N1CCC2(CC1)OCCc1cn[nH]c12. The minimum absolute atomic E-state index is 0.0482. The Balaban J connectivity index is 1.28. The van der Waals surface area contributed by atoms with E-state index in [1.54, 1.807) is 0 Å². The summed E-state index contributed by atoms with van der Waals surface area (Å²) >= 11 is 0. The molecule has 1 amide bonds. The van der Waals surface area contributed by atoms with Crippen molar-refractivity contribution < 1.29 is 13.9 Å². The molecule has 0 atom stereocenters. The van der Waals surface area contributed by atoms with E-state index in [1.165, 1.54) is 5.56 Å². The first-order valence-corrected chi connectivity index (χ1v) is 9.02. The van der Waals surface area contributed by atoms with E-state index in [2.05, 4.69) is 15.2 Å². The van der Waals surface area contributed by atoms with Gasteiger partial charge in [-0.25, -0.2) is 4.98 Å². The van der Waals surface area contributed by atoms with Gasteiger partial charge >= 0.3 is 0 Å². The summed E-state index contributed by atoms with van der Waals surface area (Å²) in [5.74, 6) is 0.522. The Morgan fingerprint density at radius 3 is 2.96 bits per heavy atom. The van der Waals surface area contributed by atoms with Crippen LogP contribution >= 0.6 is 0 Å². The minimum Gasteiger partial charge on any atom is -0.440 e. The van der Waals surface area contributed by atoms with Crippen LogP contribution in [0.4, 0.5) is 0 Å². The molecule has 1 saturated heterocycles. The van der Waals surface area contributed by atoms with Crippen LogP contribution in [0.5, 0.6) is 0 Å². The standard InChI is InChI=1S/C19H20N4O3/c24-17(11-16-21-14-3-1-2-4-15(14)26-16)23-8-6-19(7-9-23)18-13(5-10-25-19)12-20-22-18/h1-4,12H,5-11H2,(H,20,22). The van der Waals surface area contributed by atoms with Crippen LogP contribution in [-0.4, -0.2) is 45.7 Å². The minimum atomic E-state index is -0.321. The monoisotopic (exact) mass is 352 g/mol. The number of piperidine rings is 1. The van der Waals surface area contributed by atoms with E-state index in [-0.39, 0.29) is 17.9 Å². The molecule has 3 aromatic rings. The molecule has 0 bridgehead atoms. The van der Waals surface area contributed by atoms with Crippen molar-refractivity contribution in [1.82, 2.24) is 20.1 Å². The summed E-state index contributed by atoms with van der Waals surface area (Å²) in [5, 5.41) is 7.29. The summed E-state index contributed by atoms with van der Waals surface area (Å²) in [6.07, 6.45) is 4.54. The average Bonchev–Trinajstić information content (AvgIpc) is 3.29. The second-order valence-electron chi connectivity index (χ2n) is 7.00. The zero-order valence-corrected chi connectivity index (χ0v) is 14.4. The Labute approximate surface area is 150 Å². The third-order valence-corrected chi connectivity index (χ3v) is 5.49. The van der Waals surface area contributed by atoms with Gasteiger partial charge in [-0.05, 0) is 37.0 Å². The van der Waals surface area contributed by atoms with E-state index in [9.17, 15) is 4.79 Å². The fourth-order valence-corrected chi connectivity index (χ4v) is 4.07. The van der Waals surface area contributed by atoms with Gasteiger partial charge < -0.3 is 14.1 Å². The quantitative estimate of drug-likeness (QED) is 0.764. The highest BCUT2D eigenvalue weighted by Gasteiger charge is 2.43. The number of H-pyrrole nitrogens is 1. The van der Waals surface area contributed by atoms with Crippen molar-refractivity contribution in [3.05, 3.63) is 47.6 Å². The van der Waals surface area contributed by atoms with Crippen molar-refractivity contribution in [2.75, 3.05) is 19.7 Å². The van der Waals surface area contributed by atoms with E-state index in [0.717, 1.165) is 36.1 Å². The number of rotatable bonds is 2. The molecule has 0 aliphatic carbocycles. The van der Waals surface area contributed by atoms with Gasteiger partial charge in [0.25, 0.3) is 0 Å². The van der Waals surface area contributed by atoms with Crippen LogP contribution in [0.25, 0.3) is 11.1 Å². The van der Waals surface area contributed by atoms with Gasteiger partial charge in [-0.3, -0.25) is 9.89 Å². The van der Waals surface area contributed by atoms with Crippen LogP contribution in [-0.2, 0) is 28.0 Å². The number of fused-ring (bicyclic) bond motifs is 3. The normalized spacial score (nSPS) is 19.0. The number of ether oxygens (including phenoxy) is 1. The van der Waals surface area contributed by atoms with Gasteiger partial charge in [-0.1, -0.05) is 12.1 Å². The summed E-state index contributed by atoms with van der Waals surface area (Å²) in [6.45, 7) is 2.04. The third kappa shape index (κ3) is 2.50. The second-order valence-corrected chi connectivity index (χ2v) is 7.00. The van der Waals surface area contributed by atoms with Crippen LogP contribution in [0.15, 0.2) is 34.9 Å². The Morgan fingerprint density at radius 2 is 2.12 bits per heavy atom. The molecular weight excluding hydrogens is 332 g/mol. The molecule has 2 aliphatic heterocycles. The Bertz CT molecular complexity index is 920. The summed E-state index contributed by atoms with van der Waals surface area (Å²) in [6, 6.07) is 7.56. The summed E-state index contributed by atoms with van der Waals surface area (Å²) in [5.41, 5.74) is 3.52. The molecule has 1 fully saturated rings. The fraction of sp³-hybridized carbons (Fsp3) is 0.421. The molecule has 1 N–H and O–H groups in total. The Hall–Kier alpha value is -2.67. The molecule has 7 heteroatoms. The van der Waals surface area contributed by atoms with Crippen LogP contribution in [0, 0.1) is 0 Å². The topological polar surface area (TPSA) is 84.2 Å². The maximum atomic E-state index is 12.7. The molecule has 0 radical (unpaired) electrons. The maximum Gasteiger partial charge on any atom is 0.231 e. The number of hydrogen-bond acceptors (Lipinski definition) is 5. The number of amides is 1. The van der Waals surface area contributed by atoms with E-state index >= 15 is 0 Å². The van der Waals surface area contributed by atoms with Crippen molar-refractivity contribution in [2.24, 2.45) is 0 Å². The van der Waals surface area contributed by atoms with Crippen molar-refractivity contribution in [3.8, 4) is 0 Å². The highest BCUT2D eigenvalue weighted by atomic mass is 16.5. The van der Waals surface area contributed by atoms with Crippen molar-refractivity contribution in [2.45, 2.75) is 31.3 Å². The Kier molecular flexibility index (Phi) is 3.56. The first-order chi connectivity index (χ1) is 12.7. The molecule has 4 heterocycles. The number of carbonyl (C=O) groups is 1. The zero-order chi connectivity index (χ0) is 17.6. The number of hydrogen-bond donors (Lipinski definition) is 1. The number of nitrogens with one attached hydrogen (secondary N) is 1. The lowest BCUT2D eigenvalue weighted by Crippen LogP contribution is -2.48. The average molecular weight is 352 g/mol. The fourth-order valence-electron chi connectivity index (χ4n) is 4.07. The van der Waals surface area contributed by atoms with Gasteiger partial charge in [0.2, 0.25) is 11.8 Å². The maximum absolute atomic E-state index is 12.7. The van der Waals surface area contributed by atoms with Crippen LogP contribution in [0.2, 0.25) is 0 Å². The highest BCUT2D eigenvalue weighted by Crippen LogP contribution is 2.40. The van der Waals surface area contributed by atoms with Crippen molar-refractivity contribution in [1.29, 1.82) is 0 Å². The lowest BCUT2D eigenvalue weighted by molar-refractivity contribution is -0.140. The molecule has 1 aromatic carbocycles. The number of benzene rings is 1. The van der Waals surface area contributed by atoms with E-state index in [1.807, 2.05) is 35.4 Å². The first-order valence-electron chi connectivity index (χ1n) is 9.02. The molecule has 0 unspecified atom stereocenters. The van der Waals surface area contributed by atoms with Crippen molar-refractivity contribution >= 4 is 17.0 Å². The van der Waals surface area contributed by atoms with Gasteiger partial charge in [-0.15, -0.1) is 0 Å². The smallest absolute Gasteiger partial charge is 0.231 e. The molecule has 7 nitrogen and oxygen atoms in total. The number of nitrogens with zero attached hydrogens (tertiary/aromatic N) is 3. The molecule has 0 saturated carbocycles. The number of oxazole rings is 1. The van der Waals surface area contributed by atoms with E-state index in [4.69, 9.17) is 9.15 Å². The lowest BCUT2D eigenvalue weighted by atomic mass is 9.83. The van der Waals surface area contributed by atoms with Crippen LogP contribution in [0.3, 0.4) is 0 Å². The zero-order valence-electron chi connectivity index (χ0n) is 14.4. The molecule has 2 aromatic heterocycles. The summed E-state index contributed by atoms with van der Waals surface area (Å²) < 4.78 is 11.8. The molecule has 2 aliphatic rings. The molecule has 5 rings (SSSR count). The van der Waals surface area contributed by atoms with Gasteiger partial charge in [0.05, 0.1) is 18.5 Å². The summed E-state index contributed by atoms with van der Waals surface area (Å²) in [7, 11) is 0. The lowest BCUT2D eigenvalue weighted by Gasteiger charge is -2.43. The number of carbonyl (C=O) groups excluding carboxylic acids is 1. The molecule has 134 valence electrons. The molecular formula is C19H20N4O3. The number of aromatic amines is 1. The molecule has 26 heavy (non-hydrogen) atoms. The van der Waals surface area contributed by atoms with Gasteiger partial charge in [0, 0.05) is 13.1 Å². The predicted octanol–water partition coefficient (Wildman–Crippen LogP) is 2.18. The predicted molar refractivity (Wildman–Crippen MR) is 93.4 cm³/mol.